The molecular weight excluding hydrogens is 540 g/mol. The van der Waals surface area contributed by atoms with Crippen LogP contribution in [0.4, 0.5) is 5.13 Å². The lowest BCUT2D eigenvalue weighted by Gasteiger charge is -2.49. The zero-order valence-electron chi connectivity index (χ0n) is 19.1. The Balaban J connectivity index is 1.33. The largest absolute Gasteiger partial charge is 0.477 e. The van der Waals surface area contributed by atoms with E-state index in [1.54, 1.807) is 17.1 Å². The van der Waals surface area contributed by atoms with Gasteiger partial charge in [0.05, 0.1) is 0 Å². The van der Waals surface area contributed by atoms with E-state index in [-0.39, 0.29) is 28.3 Å². The molecule has 12 nitrogen and oxygen atoms in total. The maximum Gasteiger partial charge on any atom is 0.352 e. The molecule has 2 atom stereocenters. The zero-order valence-corrected chi connectivity index (χ0v) is 21.6. The second-order valence-electron chi connectivity index (χ2n) is 8.17. The number of anilines is 1. The summed E-state index contributed by atoms with van der Waals surface area (Å²) >= 11 is 4.18. The number of aromatic nitrogens is 2. The van der Waals surface area contributed by atoms with Gasteiger partial charge in [0.25, 0.3) is 11.8 Å². The standard InChI is InChI=1S/C22H20N6O6S3/c29-11-23-22-24-14(10-37-22)15(26-34-13-8-35-9-13)18(30)25-16-19(31)28-17(21(32)33)12(7-36-20(16)28)6-27-4-2-1-3-5-27/h1-5,10-11,13,16,20H,6-9H2,(H2-,23,24,25,29,30,32,33)/p+1/b26-15-/t16?,20-/m1/s1. The maximum absolute atomic E-state index is 13.2. The van der Waals surface area contributed by atoms with Crippen molar-refractivity contribution in [2.45, 2.75) is 24.1 Å². The van der Waals surface area contributed by atoms with Gasteiger partial charge in [0, 0.05) is 40.3 Å². The number of hydrogen-bond acceptors (Lipinski definition) is 10. The van der Waals surface area contributed by atoms with Gasteiger partial charge in [-0.05, 0) is 0 Å². The number of thioether (sulfide) groups is 2. The van der Waals surface area contributed by atoms with Gasteiger partial charge in [0.1, 0.15) is 28.9 Å². The first-order valence-electron chi connectivity index (χ1n) is 11.1. The summed E-state index contributed by atoms with van der Waals surface area (Å²) in [6.07, 6.45) is 3.99. The average Bonchev–Trinajstić information content (AvgIpc) is 3.32. The molecule has 2 saturated heterocycles. The third kappa shape index (κ3) is 5.19. The van der Waals surface area contributed by atoms with Crippen LogP contribution in [0, 0.1) is 0 Å². The van der Waals surface area contributed by atoms with Crippen LogP contribution in [-0.2, 0) is 30.6 Å². The van der Waals surface area contributed by atoms with Crippen LogP contribution >= 0.6 is 34.9 Å². The number of oxime groups is 1. The van der Waals surface area contributed by atoms with Crippen LogP contribution in [0.2, 0.25) is 0 Å². The number of carboxylic acids is 1. The number of carbonyl (C=O) groups is 4. The molecule has 3 amide bonds. The van der Waals surface area contributed by atoms with E-state index in [1.165, 1.54) is 16.7 Å². The van der Waals surface area contributed by atoms with Crippen molar-refractivity contribution in [1.82, 2.24) is 15.2 Å². The van der Waals surface area contributed by atoms with Crippen molar-refractivity contribution in [3.05, 3.63) is 52.9 Å². The molecule has 0 spiro atoms. The minimum atomic E-state index is -1.19. The van der Waals surface area contributed by atoms with E-state index in [0.29, 0.717) is 24.3 Å². The lowest BCUT2D eigenvalue weighted by atomic mass is 10.0. The number of aliphatic carboxylic acids is 1. The average molecular weight is 562 g/mol. The molecule has 3 aliphatic heterocycles. The number of nitrogens with one attached hydrogen (secondary N) is 2. The Morgan fingerprint density at radius 2 is 2.08 bits per heavy atom. The van der Waals surface area contributed by atoms with Crippen LogP contribution in [-0.4, -0.2) is 79.7 Å². The van der Waals surface area contributed by atoms with Crippen LogP contribution in [0.15, 0.2) is 52.4 Å². The van der Waals surface area contributed by atoms with Crippen LogP contribution in [0.5, 0.6) is 0 Å². The number of amides is 3. The molecule has 0 aromatic carbocycles. The maximum atomic E-state index is 13.2. The molecule has 5 rings (SSSR count). The van der Waals surface area contributed by atoms with E-state index in [0.717, 1.165) is 22.8 Å². The Kier molecular flexibility index (Phi) is 7.43. The summed E-state index contributed by atoms with van der Waals surface area (Å²) in [5, 5.41) is 20.3. The molecule has 0 aliphatic carbocycles. The molecule has 3 aliphatic rings. The Morgan fingerprint density at radius 3 is 2.76 bits per heavy atom. The summed E-state index contributed by atoms with van der Waals surface area (Å²) in [5.41, 5.74) is 0.607. The molecule has 192 valence electrons. The number of fused-ring (bicyclic) bond motifs is 1. The highest BCUT2D eigenvalue weighted by molar-refractivity contribution is 8.00. The van der Waals surface area contributed by atoms with Gasteiger partial charge in [0.2, 0.25) is 6.41 Å². The Labute approximate surface area is 223 Å². The van der Waals surface area contributed by atoms with Crippen molar-refractivity contribution >= 4 is 69.9 Å². The summed E-state index contributed by atoms with van der Waals surface area (Å²) < 4.78 is 1.84. The van der Waals surface area contributed by atoms with E-state index in [9.17, 15) is 24.3 Å². The summed E-state index contributed by atoms with van der Waals surface area (Å²) in [5.74, 6) is -0.510. The Morgan fingerprint density at radius 1 is 1.30 bits per heavy atom. The summed E-state index contributed by atoms with van der Waals surface area (Å²) in [7, 11) is 0. The smallest absolute Gasteiger partial charge is 0.352 e. The molecule has 3 N–H and O–H groups in total. The molecule has 37 heavy (non-hydrogen) atoms. The first-order chi connectivity index (χ1) is 18.0. The number of hydrogen-bond donors (Lipinski definition) is 3. The van der Waals surface area contributed by atoms with Gasteiger partial charge in [-0.1, -0.05) is 11.2 Å². The molecule has 1 unspecified atom stereocenters. The predicted molar refractivity (Wildman–Crippen MR) is 137 cm³/mol. The number of thiazole rings is 1. The molecular formula is C22H21N6O6S3+. The molecule has 2 fully saturated rings. The number of β-lactam (4-membered cyclic amide) rings is 1. The number of nitrogens with zero attached hydrogens (tertiary/aromatic N) is 4. The quantitative estimate of drug-likeness (QED) is 0.122. The van der Waals surface area contributed by atoms with Gasteiger partial charge >= 0.3 is 5.97 Å². The monoisotopic (exact) mass is 561 g/mol. The summed E-state index contributed by atoms with van der Waals surface area (Å²) in [6.45, 7) is 0.331. The minimum Gasteiger partial charge on any atom is -0.477 e. The van der Waals surface area contributed by atoms with Gasteiger partial charge in [-0.3, -0.25) is 19.3 Å². The highest BCUT2D eigenvalue weighted by atomic mass is 32.2. The molecule has 5 heterocycles. The summed E-state index contributed by atoms with van der Waals surface area (Å²) in [4.78, 5) is 60.0. The topological polar surface area (TPSA) is 154 Å². The Hall–Kier alpha value is -3.43. The third-order valence-electron chi connectivity index (χ3n) is 5.73. The third-order valence-corrected chi connectivity index (χ3v) is 9.06. The van der Waals surface area contributed by atoms with Crippen molar-refractivity contribution < 1.29 is 33.7 Å². The first kappa shape index (κ1) is 25.2. The molecule has 2 aromatic rings. The number of carboxylic acid groups (broad SMARTS) is 1. The highest BCUT2D eigenvalue weighted by Crippen LogP contribution is 2.40. The van der Waals surface area contributed by atoms with Crippen molar-refractivity contribution in [3.63, 3.8) is 0 Å². The normalized spacial score (nSPS) is 21.5. The lowest BCUT2D eigenvalue weighted by molar-refractivity contribution is -0.689. The molecule has 0 bridgehead atoms. The fraction of sp³-hybridized carbons (Fsp3) is 0.318. The van der Waals surface area contributed by atoms with Crippen molar-refractivity contribution in [2.24, 2.45) is 5.16 Å². The number of carbonyl (C=O) groups excluding carboxylic acids is 3. The summed E-state index contributed by atoms with van der Waals surface area (Å²) in [6, 6.07) is 4.61. The number of pyridine rings is 1. The van der Waals surface area contributed by atoms with E-state index >= 15 is 0 Å². The second kappa shape index (κ2) is 10.9. The van der Waals surface area contributed by atoms with Gasteiger partial charge in [0.15, 0.2) is 29.8 Å². The molecule has 0 radical (unpaired) electrons. The van der Waals surface area contributed by atoms with Crippen molar-refractivity contribution in [1.29, 1.82) is 0 Å². The van der Waals surface area contributed by atoms with Crippen LogP contribution in [0.1, 0.15) is 5.69 Å². The fourth-order valence-corrected chi connectivity index (χ4v) is 6.42. The molecule has 2 aromatic heterocycles. The zero-order chi connectivity index (χ0) is 25.9. The number of rotatable bonds is 10. The van der Waals surface area contributed by atoms with Gasteiger partial charge in [-0.25, -0.2) is 14.3 Å². The SMILES string of the molecule is O=CNc1nc(/C(=N/OC2CSC2)C(=O)NC2C(=O)N3C(C(=O)O)=C(C[n+]4ccccc4)CS[C@H]23)cs1. The second-order valence-corrected chi connectivity index (χ2v) is 11.2. The van der Waals surface area contributed by atoms with Gasteiger partial charge in [-0.15, -0.1) is 23.1 Å². The van der Waals surface area contributed by atoms with Gasteiger partial charge < -0.3 is 20.6 Å². The van der Waals surface area contributed by atoms with Crippen LogP contribution in [0.25, 0.3) is 0 Å². The van der Waals surface area contributed by atoms with Crippen LogP contribution in [0.3, 0.4) is 0 Å². The van der Waals surface area contributed by atoms with Crippen molar-refractivity contribution in [3.8, 4) is 0 Å². The first-order valence-corrected chi connectivity index (χ1v) is 14.2. The van der Waals surface area contributed by atoms with E-state index in [2.05, 4.69) is 20.8 Å². The van der Waals surface area contributed by atoms with E-state index in [4.69, 9.17) is 4.84 Å². The molecule has 0 saturated carbocycles. The van der Waals surface area contributed by atoms with E-state index in [1.807, 2.05) is 35.2 Å². The van der Waals surface area contributed by atoms with E-state index < -0.39 is 29.2 Å². The minimum absolute atomic E-state index is 0.0561. The lowest BCUT2D eigenvalue weighted by Crippen LogP contribution is -2.71. The van der Waals surface area contributed by atoms with Crippen LogP contribution < -0.4 is 15.2 Å². The molecule has 15 heteroatoms. The fourth-order valence-electron chi connectivity index (χ4n) is 3.88. The van der Waals surface area contributed by atoms with Gasteiger partial charge in [-0.2, -0.15) is 11.8 Å². The Bertz CT molecular complexity index is 1290. The highest BCUT2D eigenvalue weighted by Gasteiger charge is 2.54. The van der Waals surface area contributed by atoms with Crippen molar-refractivity contribution in [2.75, 3.05) is 22.6 Å². The predicted octanol–water partition coefficient (Wildman–Crippen LogP) is 0.274.